The van der Waals surface area contributed by atoms with Gasteiger partial charge in [-0.2, -0.15) is 5.10 Å². The molecule has 2 heterocycles. The molecule has 1 saturated heterocycles. The number of benzene rings is 1. The molecule has 0 aliphatic carbocycles. The highest BCUT2D eigenvalue weighted by Crippen LogP contribution is 2.27. The lowest BCUT2D eigenvalue weighted by molar-refractivity contribution is 0.0572. The van der Waals surface area contributed by atoms with E-state index in [4.69, 9.17) is 11.6 Å². The summed E-state index contributed by atoms with van der Waals surface area (Å²) in [6, 6.07) is 10.1. The number of aromatic nitrogens is 2. The standard InChI is InChI=1S/C18H23ClN4O/c1-13-12-17(21(3)20-13)18(24)23-10-8-22(9-11-23)14(2)15-6-4-5-7-16(15)19/h4-7,12,14H,8-11H2,1-3H3. The van der Waals surface area contributed by atoms with Gasteiger partial charge in [-0.1, -0.05) is 29.8 Å². The maximum atomic E-state index is 12.7. The van der Waals surface area contributed by atoms with E-state index >= 15 is 0 Å². The summed E-state index contributed by atoms with van der Waals surface area (Å²) in [5.74, 6) is 0.0585. The molecule has 0 saturated carbocycles. The number of aryl methyl sites for hydroxylation is 2. The van der Waals surface area contributed by atoms with E-state index in [2.05, 4.69) is 23.0 Å². The first kappa shape index (κ1) is 17.0. The van der Waals surface area contributed by atoms with Crippen LogP contribution < -0.4 is 0 Å². The molecule has 128 valence electrons. The summed E-state index contributed by atoms with van der Waals surface area (Å²) in [5, 5.41) is 5.06. The zero-order valence-corrected chi connectivity index (χ0v) is 15.1. The SMILES string of the molecule is Cc1cc(C(=O)N2CCN(C(C)c3ccccc3Cl)CC2)n(C)n1. The van der Waals surface area contributed by atoms with Gasteiger partial charge < -0.3 is 4.90 Å². The first-order valence-corrected chi connectivity index (χ1v) is 8.63. The van der Waals surface area contributed by atoms with Crippen LogP contribution in [0.4, 0.5) is 0 Å². The van der Waals surface area contributed by atoms with Crippen LogP contribution in [-0.2, 0) is 7.05 Å². The van der Waals surface area contributed by atoms with Gasteiger partial charge in [0.1, 0.15) is 5.69 Å². The molecule has 1 aromatic carbocycles. The lowest BCUT2D eigenvalue weighted by atomic mass is 10.1. The lowest BCUT2D eigenvalue weighted by Crippen LogP contribution is -2.49. The van der Waals surface area contributed by atoms with Gasteiger partial charge in [0.25, 0.3) is 5.91 Å². The zero-order chi connectivity index (χ0) is 17.3. The van der Waals surface area contributed by atoms with Crippen molar-refractivity contribution >= 4 is 17.5 Å². The quantitative estimate of drug-likeness (QED) is 0.858. The molecule has 0 N–H and O–H groups in total. The molecule has 2 aromatic rings. The Bertz CT molecular complexity index is 734. The number of hydrogen-bond acceptors (Lipinski definition) is 3. The molecule has 24 heavy (non-hydrogen) atoms. The van der Waals surface area contributed by atoms with Gasteiger partial charge in [-0.25, -0.2) is 0 Å². The fraction of sp³-hybridized carbons (Fsp3) is 0.444. The van der Waals surface area contributed by atoms with Gasteiger partial charge in [-0.3, -0.25) is 14.4 Å². The fourth-order valence-electron chi connectivity index (χ4n) is 3.30. The summed E-state index contributed by atoms with van der Waals surface area (Å²) < 4.78 is 1.66. The molecule has 1 aliphatic rings. The predicted octanol–water partition coefficient (Wildman–Crippen LogP) is 2.90. The van der Waals surface area contributed by atoms with Crippen LogP contribution >= 0.6 is 11.6 Å². The van der Waals surface area contributed by atoms with E-state index in [1.54, 1.807) is 4.68 Å². The summed E-state index contributed by atoms with van der Waals surface area (Å²) in [5.41, 5.74) is 2.66. The third kappa shape index (κ3) is 3.32. The average molecular weight is 347 g/mol. The monoisotopic (exact) mass is 346 g/mol. The number of carbonyl (C=O) groups excluding carboxylic acids is 1. The number of hydrogen-bond donors (Lipinski definition) is 0. The molecule has 1 atom stereocenters. The van der Waals surface area contributed by atoms with Crippen LogP contribution in [0, 0.1) is 6.92 Å². The Balaban J connectivity index is 1.64. The van der Waals surface area contributed by atoms with E-state index in [1.165, 1.54) is 0 Å². The van der Waals surface area contributed by atoms with E-state index in [9.17, 15) is 4.79 Å². The molecule has 1 fully saturated rings. The van der Waals surface area contributed by atoms with Crippen molar-refractivity contribution < 1.29 is 4.79 Å². The molecule has 5 nitrogen and oxygen atoms in total. The Morgan fingerprint density at radius 2 is 1.88 bits per heavy atom. The minimum atomic E-state index is 0.0585. The van der Waals surface area contributed by atoms with Crippen LogP contribution in [0.5, 0.6) is 0 Å². The van der Waals surface area contributed by atoms with E-state index in [0.29, 0.717) is 5.69 Å². The van der Waals surface area contributed by atoms with Gasteiger partial charge in [0.2, 0.25) is 0 Å². The molecule has 1 aromatic heterocycles. The Hall–Kier alpha value is -1.85. The van der Waals surface area contributed by atoms with Crippen molar-refractivity contribution in [3.8, 4) is 0 Å². The summed E-state index contributed by atoms with van der Waals surface area (Å²) in [4.78, 5) is 16.9. The van der Waals surface area contributed by atoms with Crippen molar-refractivity contribution in [3.05, 3.63) is 52.3 Å². The topological polar surface area (TPSA) is 41.4 Å². The maximum Gasteiger partial charge on any atom is 0.272 e. The largest absolute Gasteiger partial charge is 0.335 e. The molecule has 1 aliphatic heterocycles. The smallest absolute Gasteiger partial charge is 0.272 e. The van der Waals surface area contributed by atoms with Crippen molar-refractivity contribution in [3.63, 3.8) is 0 Å². The van der Waals surface area contributed by atoms with Crippen molar-refractivity contribution in [2.24, 2.45) is 7.05 Å². The predicted molar refractivity (Wildman–Crippen MR) is 95.3 cm³/mol. The highest BCUT2D eigenvalue weighted by Gasteiger charge is 2.27. The number of amides is 1. The summed E-state index contributed by atoms with van der Waals surface area (Å²) >= 11 is 6.32. The van der Waals surface area contributed by atoms with E-state index in [0.717, 1.165) is 42.5 Å². The van der Waals surface area contributed by atoms with Crippen molar-refractivity contribution in [1.82, 2.24) is 19.6 Å². The van der Waals surface area contributed by atoms with Gasteiger partial charge in [0, 0.05) is 44.3 Å². The molecule has 1 amide bonds. The second kappa shape index (κ2) is 6.95. The average Bonchev–Trinajstić information content (AvgIpc) is 2.92. The van der Waals surface area contributed by atoms with Crippen LogP contribution in [0.2, 0.25) is 5.02 Å². The molecule has 6 heteroatoms. The molecule has 1 unspecified atom stereocenters. The molecular formula is C18H23ClN4O. The van der Waals surface area contributed by atoms with Gasteiger partial charge in [-0.05, 0) is 31.5 Å². The van der Waals surface area contributed by atoms with Crippen molar-refractivity contribution in [2.45, 2.75) is 19.9 Å². The number of halogens is 1. The first-order valence-electron chi connectivity index (χ1n) is 8.25. The number of piperazine rings is 1. The second-order valence-corrected chi connectivity index (χ2v) is 6.73. The Labute approximate surface area is 147 Å². The normalized spacial score (nSPS) is 17.1. The van der Waals surface area contributed by atoms with Crippen molar-refractivity contribution in [1.29, 1.82) is 0 Å². The van der Waals surface area contributed by atoms with E-state index < -0.39 is 0 Å². The Morgan fingerprint density at radius 1 is 1.21 bits per heavy atom. The minimum absolute atomic E-state index is 0.0585. The molecular weight excluding hydrogens is 324 g/mol. The van der Waals surface area contributed by atoms with Gasteiger partial charge in [-0.15, -0.1) is 0 Å². The number of rotatable bonds is 3. The summed E-state index contributed by atoms with van der Waals surface area (Å²) in [6.07, 6.45) is 0. The lowest BCUT2D eigenvalue weighted by Gasteiger charge is -2.38. The van der Waals surface area contributed by atoms with Crippen LogP contribution in [0.25, 0.3) is 0 Å². The maximum absolute atomic E-state index is 12.7. The van der Waals surface area contributed by atoms with Crippen LogP contribution in [0.1, 0.15) is 34.7 Å². The van der Waals surface area contributed by atoms with Crippen molar-refractivity contribution in [2.75, 3.05) is 26.2 Å². The highest BCUT2D eigenvalue weighted by atomic mass is 35.5. The number of nitrogens with zero attached hydrogens (tertiary/aromatic N) is 4. The molecule has 3 rings (SSSR count). The second-order valence-electron chi connectivity index (χ2n) is 6.32. The molecule has 0 spiro atoms. The Kier molecular flexibility index (Phi) is 4.92. The molecule has 0 radical (unpaired) electrons. The van der Waals surface area contributed by atoms with E-state index in [1.807, 2.05) is 43.1 Å². The van der Waals surface area contributed by atoms with Crippen LogP contribution in [0.3, 0.4) is 0 Å². The zero-order valence-electron chi connectivity index (χ0n) is 14.4. The van der Waals surface area contributed by atoms with Crippen LogP contribution in [-0.4, -0.2) is 51.7 Å². The third-order valence-corrected chi connectivity index (χ3v) is 5.07. The van der Waals surface area contributed by atoms with Gasteiger partial charge >= 0.3 is 0 Å². The third-order valence-electron chi connectivity index (χ3n) is 4.73. The van der Waals surface area contributed by atoms with Gasteiger partial charge in [0.15, 0.2) is 0 Å². The number of carbonyl (C=O) groups is 1. The first-order chi connectivity index (χ1) is 11.5. The van der Waals surface area contributed by atoms with Gasteiger partial charge in [0.05, 0.1) is 5.69 Å². The fourth-order valence-corrected chi connectivity index (χ4v) is 3.59. The van der Waals surface area contributed by atoms with E-state index in [-0.39, 0.29) is 11.9 Å². The summed E-state index contributed by atoms with van der Waals surface area (Å²) in [7, 11) is 1.82. The molecule has 0 bridgehead atoms. The Morgan fingerprint density at radius 3 is 2.46 bits per heavy atom. The minimum Gasteiger partial charge on any atom is -0.335 e. The summed E-state index contributed by atoms with van der Waals surface area (Å²) in [6.45, 7) is 7.20. The highest BCUT2D eigenvalue weighted by molar-refractivity contribution is 6.31. The van der Waals surface area contributed by atoms with Crippen LogP contribution in [0.15, 0.2) is 30.3 Å².